The quantitative estimate of drug-likeness (QED) is 0.777. The fourth-order valence-corrected chi connectivity index (χ4v) is 2.33. The lowest BCUT2D eigenvalue weighted by Crippen LogP contribution is -2.47. The fourth-order valence-electron chi connectivity index (χ4n) is 2.33. The first-order chi connectivity index (χ1) is 8.01. The first-order valence-corrected chi connectivity index (χ1v) is 6.36. The van der Waals surface area contributed by atoms with Gasteiger partial charge >= 0.3 is 0 Å². The predicted molar refractivity (Wildman–Crippen MR) is 67.2 cm³/mol. The maximum absolute atomic E-state index is 11.6. The Bertz CT molecular complexity index is 306. The number of nitrogens with one attached hydrogen (secondary N) is 2. The Kier molecular flexibility index (Phi) is 4.95. The summed E-state index contributed by atoms with van der Waals surface area (Å²) < 4.78 is 0. The van der Waals surface area contributed by atoms with Crippen molar-refractivity contribution in [2.45, 2.75) is 45.6 Å². The summed E-state index contributed by atoms with van der Waals surface area (Å²) in [6.07, 6.45) is 4.35. The molecule has 0 aromatic heterocycles. The van der Waals surface area contributed by atoms with Crippen LogP contribution < -0.4 is 10.6 Å². The molecule has 4 heteroatoms. The third-order valence-corrected chi connectivity index (χ3v) is 3.58. The van der Waals surface area contributed by atoms with Crippen molar-refractivity contribution in [2.75, 3.05) is 13.6 Å². The molecule has 1 aliphatic carbocycles. The lowest BCUT2D eigenvalue weighted by atomic mass is 9.84. The molecule has 0 aromatic carbocycles. The average Bonchev–Trinajstić information content (AvgIpc) is 2.35. The van der Waals surface area contributed by atoms with Gasteiger partial charge in [0.05, 0.1) is 17.4 Å². The van der Waals surface area contributed by atoms with E-state index in [1.165, 1.54) is 6.42 Å². The van der Waals surface area contributed by atoms with Crippen molar-refractivity contribution >= 4 is 5.91 Å². The molecular formula is C13H23N3O. The number of rotatable bonds is 4. The summed E-state index contributed by atoms with van der Waals surface area (Å²) in [5.41, 5.74) is -0.424. The summed E-state index contributed by atoms with van der Waals surface area (Å²) in [6, 6.07) is 2.62. The van der Waals surface area contributed by atoms with Gasteiger partial charge in [-0.1, -0.05) is 12.8 Å². The van der Waals surface area contributed by atoms with Crippen LogP contribution in [-0.2, 0) is 4.79 Å². The van der Waals surface area contributed by atoms with Gasteiger partial charge in [-0.2, -0.15) is 5.26 Å². The van der Waals surface area contributed by atoms with Crippen molar-refractivity contribution in [2.24, 2.45) is 11.3 Å². The summed E-state index contributed by atoms with van der Waals surface area (Å²) in [5.74, 6) is 0.138. The van der Waals surface area contributed by atoms with E-state index in [2.05, 4.69) is 16.7 Å². The lowest BCUT2D eigenvalue weighted by Gasteiger charge is -2.31. The van der Waals surface area contributed by atoms with Crippen molar-refractivity contribution in [1.82, 2.24) is 10.6 Å². The number of nitriles is 1. The first kappa shape index (κ1) is 14.0. The Labute approximate surface area is 104 Å². The Morgan fingerprint density at radius 1 is 1.41 bits per heavy atom. The zero-order valence-electron chi connectivity index (χ0n) is 11.0. The Balaban J connectivity index is 2.49. The molecule has 1 fully saturated rings. The van der Waals surface area contributed by atoms with Gasteiger partial charge in [0.1, 0.15) is 0 Å². The maximum atomic E-state index is 11.6. The molecule has 1 saturated carbocycles. The van der Waals surface area contributed by atoms with Crippen LogP contribution in [0.4, 0.5) is 0 Å². The Morgan fingerprint density at radius 3 is 2.65 bits per heavy atom. The van der Waals surface area contributed by atoms with Crippen LogP contribution in [0.25, 0.3) is 0 Å². The number of hydrogen-bond donors (Lipinski definition) is 2. The fraction of sp³-hybridized carbons (Fsp3) is 0.846. The molecule has 1 rings (SSSR count). The minimum absolute atomic E-state index is 0.0364. The van der Waals surface area contributed by atoms with E-state index in [9.17, 15) is 4.79 Å². The van der Waals surface area contributed by atoms with Crippen LogP contribution in [0.2, 0.25) is 0 Å². The number of hydrogen-bond acceptors (Lipinski definition) is 3. The van der Waals surface area contributed by atoms with Gasteiger partial charge in [0.15, 0.2) is 0 Å². The summed E-state index contributed by atoms with van der Waals surface area (Å²) in [6.45, 7) is 4.46. The van der Waals surface area contributed by atoms with E-state index in [0.717, 1.165) is 19.3 Å². The summed E-state index contributed by atoms with van der Waals surface area (Å²) in [5, 5.41) is 15.1. The van der Waals surface area contributed by atoms with Gasteiger partial charge in [-0.25, -0.2) is 0 Å². The highest BCUT2D eigenvalue weighted by molar-refractivity contribution is 5.81. The lowest BCUT2D eigenvalue weighted by molar-refractivity contribution is -0.128. The molecule has 2 atom stereocenters. The van der Waals surface area contributed by atoms with Gasteiger partial charge in [0.25, 0.3) is 0 Å². The van der Waals surface area contributed by atoms with Gasteiger partial charge in [0, 0.05) is 19.6 Å². The third-order valence-electron chi connectivity index (χ3n) is 3.58. The molecule has 0 saturated heterocycles. The second-order valence-electron chi connectivity index (χ2n) is 5.47. The Hall–Kier alpha value is -1.08. The summed E-state index contributed by atoms with van der Waals surface area (Å²) >= 11 is 0. The van der Waals surface area contributed by atoms with Gasteiger partial charge < -0.3 is 10.6 Å². The summed E-state index contributed by atoms with van der Waals surface area (Å²) in [7, 11) is 1.66. The van der Waals surface area contributed by atoms with E-state index in [1.54, 1.807) is 7.05 Å². The molecule has 1 aliphatic rings. The third kappa shape index (κ3) is 3.71. The standard InChI is InChI=1S/C13H23N3O/c1-13(2,12(17)15-3)9-16-11-7-5-4-6-10(11)8-14/h10-11,16H,4-7,9H2,1-3H3,(H,15,17). The van der Waals surface area contributed by atoms with Gasteiger partial charge in [-0.05, 0) is 26.7 Å². The van der Waals surface area contributed by atoms with E-state index in [4.69, 9.17) is 5.26 Å². The zero-order chi connectivity index (χ0) is 12.9. The highest BCUT2D eigenvalue weighted by atomic mass is 16.2. The molecule has 4 nitrogen and oxygen atoms in total. The summed E-state index contributed by atoms with van der Waals surface area (Å²) in [4.78, 5) is 11.6. The van der Waals surface area contributed by atoms with Crippen LogP contribution in [0.3, 0.4) is 0 Å². The van der Waals surface area contributed by atoms with Crippen LogP contribution in [0.1, 0.15) is 39.5 Å². The van der Waals surface area contributed by atoms with E-state index in [0.29, 0.717) is 6.54 Å². The van der Waals surface area contributed by atoms with E-state index < -0.39 is 5.41 Å². The van der Waals surface area contributed by atoms with Crippen molar-refractivity contribution in [3.63, 3.8) is 0 Å². The highest BCUT2D eigenvalue weighted by Crippen LogP contribution is 2.24. The molecule has 2 unspecified atom stereocenters. The van der Waals surface area contributed by atoms with Gasteiger partial charge in [0.2, 0.25) is 5.91 Å². The van der Waals surface area contributed by atoms with Gasteiger partial charge in [-0.3, -0.25) is 4.79 Å². The Morgan fingerprint density at radius 2 is 2.06 bits per heavy atom. The van der Waals surface area contributed by atoms with Crippen LogP contribution in [0, 0.1) is 22.7 Å². The van der Waals surface area contributed by atoms with Crippen molar-refractivity contribution in [3.05, 3.63) is 0 Å². The van der Waals surface area contributed by atoms with E-state index >= 15 is 0 Å². The second kappa shape index (κ2) is 6.02. The molecule has 96 valence electrons. The minimum Gasteiger partial charge on any atom is -0.359 e. The number of nitrogens with zero attached hydrogens (tertiary/aromatic N) is 1. The molecule has 0 aliphatic heterocycles. The normalized spacial score (nSPS) is 25.1. The number of amides is 1. The molecule has 0 heterocycles. The second-order valence-corrected chi connectivity index (χ2v) is 5.47. The van der Waals surface area contributed by atoms with Crippen LogP contribution >= 0.6 is 0 Å². The predicted octanol–water partition coefficient (Wildman–Crippen LogP) is 1.43. The molecule has 0 bridgehead atoms. The number of carbonyl (C=O) groups excluding carboxylic acids is 1. The molecule has 2 N–H and O–H groups in total. The molecular weight excluding hydrogens is 214 g/mol. The van der Waals surface area contributed by atoms with E-state index in [1.807, 2.05) is 13.8 Å². The van der Waals surface area contributed by atoms with Crippen molar-refractivity contribution < 1.29 is 4.79 Å². The molecule has 17 heavy (non-hydrogen) atoms. The average molecular weight is 237 g/mol. The molecule has 1 amide bonds. The van der Waals surface area contributed by atoms with Crippen LogP contribution in [0.5, 0.6) is 0 Å². The molecule has 0 spiro atoms. The molecule has 0 radical (unpaired) electrons. The topological polar surface area (TPSA) is 64.9 Å². The smallest absolute Gasteiger partial charge is 0.226 e. The number of carbonyl (C=O) groups is 1. The SMILES string of the molecule is CNC(=O)C(C)(C)CNC1CCCCC1C#N. The minimum atomic E-state index is -0.424. The van der Waals surface area contributed by atoms with Crippen LogP contribution in [-0.4, -0.2) is 25.5 Å². The zero-order valence-corrected chi connectivity index (χ0v) is 11.0. The van der Waals surface area contributed by atoms with Crippen molar-refractivity contribution in [3.8, 4) is 6.07 Å². The largest absolute Gasteiger partial charge is 0.359 e. The maximum Gasteiger partial charge on any atom is 0.226 e. The monoisotopic (exact) mass is 237 g/mol. The molecule has 0 aromatic rings. The van der Waals surface area contributed by atoms with E-state index in [-0.39, 0.29) is 17.9 Å². The highest BCUT2D eigenvalue weighted by Gasteiger charge is 2.30. The van der Waals surface area contributed by atoms with Crippen molar-refractivity contribution in [1.29, 1.82) is 5.26 Å². The first-order valence-electron chi connectivity index (χ1n) is 6.36. The van der Waals surface area contributed by atoms with Crippen LogP contribution in [0.15, 0.2) is 0 Å². The van der Waals surface area contributed by atoms with Gasteiger partial charge in [-0.15, -0.1) is 0 Å².